The summed E-state index contributed by atoms with van der Waals surface area (Å²) in [6.07, 6.45) is 5.93. The van der Waals surface area contributed by atoms with Crippen LogP contribution in [0.1, 0.15) is 33.1 Å². The Bertz CT molecular complexity index is 408. The van der Waals surface area contributed by atoms with Crippen LogP contribution in [0.15, 0.2) is 12.2 Å². The molecule has 1 heterocycles. The Labute approximate surface area is 101 Å². The molecule has 3 rings (SSSR count). The maximum Gasteiger partial charge on any atom is 0.310 e. The normalized spacial score (nSPS) is 42.9. The zero-order valence-corrected chi connectivity index (χ0v) is 10.3. The predicted octanol–water partition coefficient (Wildman–Crippen LogP) is 2.11. The molecular formula is C14H18O3. The number of allylic oxidation sites excluding steroid dienone is 2. The summed E-state index contributed by atoms with van der Waals surface area (Å²) < 4.78 is 5.55. The van der Waals surface area contributed by atoms with Crippen LogP contribution < -0.4 is 0 Å². The van der Waals surface area contributed by atoms with E-state index in [1.807, 2.05) is 12.2 Å². The van der Waals surface area contributed by atoms with Crippen molar-refractivity contribution in [1.29, 1.82) is 0 Å². The number of ether oxygens (including phenoxy) is 1. The zero-order chi connectivity index (χ0) is 12.2. The summed E-state index contributed by atoms with van der Waals surface area (Å²) in [5, 5.41) is 0. The summed E-state index contributed by atoms with van der Waals surface area (Å²) in [7, 11) is 0. The molecule has 4 atom stereocenters. The van der Waals surface area contributed by atoms with Gasteiger partial charge in [-0.05, 0) is 12.8 Å². The van der Waals surface area contributed by atoms with Gasteiger partial charge in [0.15, 0.2) is 0 Å². The molecule has 3 nitrogen and oxygen atoms in total. The molecule has 0 radical (unpaired) electrons. The van der Waals surface area contributed by atoms with Gasteiger partial charge < -0.3 is 4.74 Å². The molecule has 0 bridgehead atoms. The molecule has 0 aromatic rings. The van der Waals surface area contributed by atoms with E-state index in [1.54, 1.807) is 0 Å². The van der Waals surface area contributed by atoms with Crippen LogP contribution in [0.3, 0.4) is 0 Å². The average Bonchev–Trinajstić information content (AvgIpc) is 2.68. The van der Waals surface area contributed by atoms with Crippen molar-refractivity contribution in [3.63, 3.8) is 0 Å². The standard InChI is InChI=1S/C14H18O3/c1-14(2)7-9-10(15)6-4-3-5-8-11(9)12(14)17-13(8)16/h3-4,8-9,11-12H,5-7H2,1-2H3/t8-,9-,11+,12+/m0/s1. The summed E-state index contributed by atoms with van der Waals surface area (Å²) in [6.45, 7) is 4.22. The van der Waals surface area contributed by atoms with Gasteiger partial charge in [-0.1, -0.05) is 26.0 Å². The van der Waals surface area contributed by atoms with E-state index in [1.165, 1.54) is 0 Å². The molecule has 0 unspecified atom stereocenters. The minimum atomic E-state index is -0.0999. The third-order valence-electron chi connectivity index (χ3n) is 4.63. The fourth-order valence-electron chi connectivity index (χ4n) is 3.83. The van der Waals surface area contributed by atoms with Crippen LogP contribution in [0, 0.1) is 23.2 Å². The molecule has 17 heavy (non-hydrogen) atoms. The Balaban J connectivity index is 2.03. The predicted molar refractivity (Wildman–Crippen MR) is 62.1 cm³/mol. The van der Waals surface area contributed by atoms with Gasteiger partial charge >= 0.3 is 5.97 Å². The van der Waals surface area contributed by atoms with E-state index in [9.17, 15) is 9.59 Å². The van der Waals surface area contributed by atoms with E-state index in [4.69, 9.17) is 4.74 Å². The van der Waals surface area contributed by atoms with Crippen LogP contribution in [0.2, 0.25) is 0 Å². The molecule has 1 saturated heterocycles. The number of esters is 1. The van der Waals surface area contributed by atoms with Crippen LogP contribution >= 0.6 is 0 Å². The van der Waals surface area contributed by atoms with Gasteiger partial charge in [0.1, 0.15) is 11.9 Å². The topological polar surface area (TPSA) is 43.4 Å². The third-order valence-corrected chi connectivity index (χ3v) is 4.63. The zero-order valence-electron chi connectivity index (χ0n) is 10.3. The number of hydrogen-bond donors (Lipinski definition) is 0. The van der Waals surface area contributed by atoms with Crippen LogP contribution in [0.25, 0.3) is 0 Å². The van der Waals surface area contributed by atoms with E-state index in [0.29, 0.717) is 6.42 Å². The summed E-state index contributed by atoms with van der Waals surface area (Å²) >= 11 is 0. The summed E-state index contributed by atoms with van der Waals surface area (Å²) in [6, 6.07) is 0. The lowest BCUT2D eigenvalue weighted by molar-refractivity contribution is -0.147. The fraction of sp³-hybridized carbons (Fsp3) is 0.714. The van der Waals surface area contributed by atoms with Gasteiger partial charge in [-0.15, -0.1) is 0 Å². The Morgan fingerprint density at radius 3 is 2.76 bits per heavy atom. The minimum Gasteiger partial charge on any atom is -0.461 e. The Kier molecular flexibility index (Phi) is 2.22. The van der Waals surface area contributed by atoms with Gasteiger partial charge in [0.25, 0.3) is 0 Å². The average molecular weight is 234 g/mol. The van der Waals surface area contributed by atoms with E-state index in [2.05, 4.69) is 13.8 Å². The molecule has 1 saturated carbocycles. The summed E-state index contributed by atoms with van der Waals surface area (Å²) in [5.74, 6) is 0.237. The number of hydrogen-bond acceptors (Lipinski definition) is 3. The molecule has 0 N–H and O–H groups in total. The van der Waals surface area contributed by atoms with Crippen molar-refractivity contribution in [3.8, 4) is 0 Å². The van der Waals surface area contributed by atoms with Crippen LogP contribution in [0.4, 0.5) is 0 Å². The lowest BCUT2D eigenvalue weighted by Crippen LogP contribution is -2.29. The smallest absolute Gasteiger partial charge is 0.310 e. The first-order valence-corrected chi connectivity index (χ1v) is 6.39. The maximum atomic E-state index is 12.1. The van der Waals surface area contributed by atoms with E-state index < -0.39 is 0 Å². The number of carbonyl (C=O) groups is 2. The molecule has 3 aliphatic rings. The number of rotatable bonds is 0. The van der Waals surface area contributed by atoms with Crippen molar-refractivity contribution in [2.45, 2.75) is 39.2 Å². The first kappa shape index (κ1) is 11.0. The lowest BCUT2D eigenvalue weighted by atomic mass is 9.78. The molecule has 0 aromatic carbocycles. The van der Waals surface area contributed by atoms with Gasteiger partial charge in [0, 0.05) is 23.7 Å². The van der Waals surface area contributed by atoms with Crippen molar-refractivity contribution in [1.82, 2.24) is 0 Å². The highest BCUT2D eigenvalue weighted by molar-refractivity contribution is 5.86. The largest absolute Gasteiger partial charge is 0.461 e. The minimum absolute atomic E-state index is 0.0244. The van der Waals surface area contributed by atoms with Gasteiger partial charge in [-0.25, -0.2) is 0 Å². The fourth-order valence-corrected chi connectivity index (χ4v) is 3.83. The Morgan fingerprint density at radius 2 is 2.00 bits per heavy atom. The van der Waals surface area contributed by atoms with E-state index in [0.717, 1.165) is 12.8 Å². The van der Waals surface area contributed by atoms with Crippen molar-refractivity contribution in [3.05, 3.63) is 12.2 Å². The monoisotopic (exact) mass is 234 g/mol. The molecule has 0 aromatic heterocycles. The SMILES string of the molecule is CC1(C)C[C@H]2C(=O)CC=CC[C@@H]3C(=O)O[C@@H]1[C@H]32. The number of ketones is 1. The van der Waals surface area contributed by atoms with Crippen molar-refractivity contribution >= 4 is 11.8 Å². The maximum absolute atomic E-state index is 12.1. The van der Waals surface area contributed by atoms with Crippen molar-refractivity contribution in [2.75, 3.05) is 0 Å². The molecule has 0 amide bonds. The number of Topliss-reactive ketones (excluding diaryl/α,β-unsaturated/α-hetero) is 1. The van der Waals surface area contributed by atoms with E-state index in [-0.39, 0.29) is 41.0 Å². The first-order valence-electron chi connectivity index (χ1n) is 6.39. The van der Waals surface area contributed by atoms with Gasteiger partial charge in [-0.3, -0.25) is 9.59 Å². The van der Waals surface area contributed by atoms with Crippen LogP contribution in [-0.2, 0) is 14.3 Å². The third kappa shape index (κ3) is 1.48. The molecule has 2 fully saturated rings. The quantitative estimate of drug-likeness (QED) is 0.476. The highest BCUT2D eigenvalue weighted by Gasteiger charge is 2.60. The van der Waals surface area contributed by atoms with Crippen molar-refractivity contribution in [2.24, 2.45) is 23.2 Å². The summed E-state index contributed by atoms with van der Waals surface area (Å²) in [4.78, 5) is 24.0. The molecule has 92 valence electrons. The second-order valence-corrected chi connectivity index (χ2v) is 6.22. The molecule has 1 aliphatic heterocycles. The van der Waals surface area contributed by atoms with Crippen LogP contribution in [-0.4, -0.2) is 17.9 Å². The highest BCUT2D eigenvalue weighted by Crippen LogP contribution is 2.55. The molecule has 0 spiro atoms. The first-order chi connectivity index (χ1) is 8.00. The highest BCUT2D eigenvalue weighted by atomic mass is 16.6. The molecule has 3 heteroatoms. The second kappa shape index (κ2) is 3.44. The van der Waals surface area contributed by atoms with Crippen molar-refractivity contribution < 1.29 is 14.3 Å². The molecule has 2 aliphatic carbocycles. The van der Waals surface area contributed by atoms with Gasteiger partial charge in [0.05, 0.1) is 5.92 Å². The lowest BCUT2D eigenvalue weighted by Gasteiger charge is -2.24. The Morgan fingerprint density at radius 1 is 1.24 bits per heavy atom. The second-order valence-electron chi connectivity index (χ2n) is 6.22. The van der Waals surface area contributed by atoms with Gasteiger partial charge in [-0.2, -0.15) is 0 Å². The van der Waals surface area contributed by atoms with Crippen LogP contribution in [0.5, 0.6) is 0 Å². The number of carbonyl (C=O) groups excluding carboxylic acids is 2. The van der Waals surface area contributed by atoms with E-state index >= 15 is 0 Å². The summed E-state index contributed by atoms with van der Waals surface area (Å²) in [5.41, 5.74) is -0.0558. The molecular weight excluding hydrogens is 216 g/mol. The van der Waals surface area contributed by atoms with Gasteiger partial charge in [0.2, 0.25) is 0 Å². The Hall–Kier alpha value is -1.12.